The summed E-state index contributed by atoms with van der Waals surface area (Å²) < 4.78 is 5.54. The largest absolute Gasteiger partial charge is 0.376 e. The van der Waals surface area contributed by atoms with Crippen molar-refractivity contribution in [3.8, 4) is 0 Å². The molecule has 94 valence electrons. The summed E-state index contributed by atoms with van der Waals surface area (Å²) in [6, 6.07) is -0.462. The minimum atomic E-state index is -0.462. The van der Waals surface area contributed by atoms with Crippen LogP contribution in [0.2, 0.25) is 0 Å². The molecule has 1 amide bonds. The SMILES string of the molecule is CC(C)(C)C(N)C(=O)NCC1CCCCO1. The van der Waals surface area contributed by atoms with Crippen molar-refractivity contribution in [2.75, 3.05) is 13.2 Å². The van der Waals surface area contributed by atoms with E-state index in [1.54, 1.807) is 0 Å². The van der Waals surface area contributed by atoms with Crippen LogP contribution in [0, 0.1) is 5.41 Å². The number of carbonyl (C=O) groups is 1. The quantitative estimate of drug-likeness (QED) is 0.758. The molecule has 4 nitrogen and oxygen atoms in total. The zero-order valence-corrected chi connectivity index (χ0v) is 10.6. The smallest absolute Gasteiger partial charge is 0.237 e. The lowest BCUT2D eigenvalue weighted by Gasteiger charge is -2.28. The van der Waals surface area contributed by atoms with Gasteiger partial charge in [0.1, 0.15) is 0 Å². The van der Waals surface area contributed by atoms with Crippen molar-refractivity contribution < 1.29 is 9.53 Å². The van der Waals surface area contributed by atoms with E-state index in [4.69, 9.17) is 10.5 Å². The molecule has 0 spiro atoms. The number of nitrogens with two attached hydrogens (primary N) is 1. The maximum absolute atomic E-state index is 11.7. The molecule has 0 aromatic carbocycles. The summed E-state index contributed by atoms with van der Waals surface area (Å²) in [5.74, 6) is -0.0818. The summed E-state index contributed by atoms with van der Waals surface area (Å²) in [6.07, 6.45) is 3.52. The van der Waals surface area contributed by atoms with E-state index in [0.29, 0.717) is 6.54 Å². The van der Waals surface area contributed by atoms with E-state index in [-0.39, 0.29) is 17.4 Å². The van der Waals surface area contributed by atoms with Crippen molar-refractivity contribution in [3.05, 3.63) is 0 Å². The van der Waals surface area contributed by atoms with Crippen LogP contribution >= 0.6 is 0 Å². The molecule has 0 aliphatic carbocycles. The van der Waals surface area contributed by atoms with E-state index >= 15 is 0 Å². The van der Waals surface area contributed by atoms with Crippen molar-refractivity contribution >= 4 is 5.91 Å². The summed E-state index contributed by atoms with van der Waals surface area (Å²) in [6.45, 7) is 7.30. The Bertz CT molecular complexity index is 230. The molecule has 0 bridgehead atoms. The van der Waals surface area contributed by atoms with Crippen molar-refractivity contribution in [1.29, 1.82) is 0 Å². The van der Waals surface area contributed by atoms with Gasteiger partial charge in [-0.15, -0.1) is 0 Å². The zero-order valence-electron chi connectivity index (χ0n) is 10.6. The van der Waals surface area contributed by atoms with Gasteiger partial charge in [0.25, 0.3) is 0 Å². The number of hydrogen-bond acceptors (Lipinski definition) is 3. The van der Waals surface area contributed by atoms with Crippen LogP contribution in [0.3, 0.4) is 0 Å². The number of ether oxygens (including phenoxy) is 1. The van der Waals surface area contributed by atoms with Gasteiger partial charge in [0.2, 0.25) is 5.91 Å². The van der Waals surface area contributed by atoms with Crippen LogP contribution < -0.4 is 11.1 Å². The molecule has 0 radical (unpaired) electrons. The Morgan fingerprint density at radius 2 is 2.19 bits per heavy atom. The highest BCUT2D eigenvalue weighted by molar-refractivity contribution is 5.82. The molecule has 1 aliphatic rings. The molecule has 0 saturated carbocycles. The summed E-state index contributed by atoms with van der Waals surface area (Å²) in [5.41, 5.74) is 5.66. The van der Waals surface area contributed by atoms with Crippen molar-refractivity contribution in [3.63, 3.8) is 0 Å². The predicted octanol–water partition coefficient (Wildman–Crippen LogP) is 1.05. The van der Waals surface area contributed by atoms with E-state index in [1.165, 1.54) is 6.42 Å². The first-order valence-corrected chi connectivity index (χ1v) is 6.06. The van der Waals surface area contributed by atoms with Gasteiger partial charge in [-0.05, 0) is 24.7 Å². The van der Waals surface area contributed by atoms with Crippen LogP contribution in [0.5, 0.6) is 0 Å². The Morgan fingerprint density at radius 3 is 2.69 bits per heavy atom. The van der Waals surface area contributed by atoms with Gasteiger partial charge >= 0.3 is 0 Å². The third-order valence-corrected chi connectivity index (χ3v) is 2.99. The molecule has 1 aliphatic heterocycles. The molecule has 1 rings (SSSR count). The Balaban J connectivity index is 2.29. The van der Waals surface area contributed by atoms with Gasteiger partial charge in [-0.1, -0.05) is 20.8 Å². The van der Waals surface area contributed by atoms with Crippen LogP contribution in [-0.4, -0.2) is 31.2 Å². The molecule has 1 fully saturated rings. The normalized spacial score (nSPS) is 23.9. The van der Waals surface area contributed by atoms with Crippen molar-refractivity contribution in [1.82, 2.24) is 5.32 Å². The molecular weight excluding hydrogens is 204 g/mol. The molecular formula is C12H24N2O2. The Kier molecular flexibility index (Phi) is 4.74. The van der Waals surface area contributed by atoms with Gasteiger partial charge < -0.3 is 15.8 Å². The lowest BCUT2D eigenvalue weighted by Crippen LogP contribution is -2.50. The van der Waals surface area contributed by atoms with E-state index in [0.717, 1.165) is 19.4 Å². The molecule has 16 heavy (non-hydrogen) atoms. The molecule has 1 saturated heterocycles. The molecule has 4 heteroatoms. The average Bonchev–Trinajstić information content (AvgIpc) is 2.25. The highest BCUT2D eigenvalue weighted by atomic mass is 16.5. The summed E-state index contributed by atoms with van der Waals surface area (Å²) >= 11 is 0. The van der Waals surface area contributed by atoms with E-state index < -0.39 is 6.04 Å². The van der Waals surface area contributed by atoms with Crippen LogP contribution in [0.15, 0.2) is 0 Å². The van der Waals surface area contributed by atoms with Gasteiger partial charge in [-0.2, -0.15) is 0 Å². The first-order chi connectivity index (χ1) is 7.41. The van der Waals surface area contributed by atoms with Gasteiger partial charge in [0, 0.05) is 13.2 Å². The third kappa shape index (κ3) is 4.10. The summed E-state index contributed by atoms with van der Waals surface area (Å²) in [7, 11) is 0. The highest BCUT2D eigenvalue weighted by Crippen LogP contribution is 2.17. The molecule has 0 aromatic heterocycles. The van der Waals surface area contributed by atoms with Crippen LogP contribution in [0.25, 0.3) is 0 Å². The van der Waals surface area contributed by atoms with E-state index in [1.807, 2.05) is 20.8 Å². The fourth-order valence-corrected chi connectivity index (χ4v) is 1.69. The second-order valence-corrected chi connectivity index (χ2v) is 5.58. The van der Waals surface area contributed by atoms with Crippen LogP contribution in [-0.2, 0) is 9.53 Å². The van der Waals surface area contributed by atoms with Gasteiger partial charge in [0.15, 0.2) is 0 Å². The monoisotopic (exact) mass is 228 g/mol. The Labute approximate surface area is 97.9 Å². The number of carbonyl (C=O) groups excluding carboxylic acids is 1. The van der Waals surface area contributed by atoms with Gasteiger partial charge in [0.05, 0.1) is 12.1 Å². The minimum Gasteiger partial charge on any atom is -0.376 e. The van der Waals surface area contributed by atoms with Crippen molar-refractivity contribution in [2.24, 2.45) is 11.1 Å². The Hall–Kier alpha value is -0.610. The minimum absolute atomic E-state index is 0.0818. The third-order valence-electron chi connectivity index (χ3n) is 2.99. The van der Waals surface area contributed by atoms with E-state index in [9.17, 15) is 4.79 Å². The predicted molar refractivity (Wildman–Crippen MR) is 64.0 cm³/mol. The molecule has 2 atom stereocenters. The lowest BCUT2D eigenvalue weighted by atomic mass is 9.87. The van der Waals surface area contributed by atoms with E-state index in [2.05, 4.69) is 5.32 Å². The van der Waals surface area contributed by atoms with Gasteiger partial charge in [-0.25, -0.2) is 0 Å². The Morgan fingerprint density at radius 1 is 1.50 bits per heavy atom. The molecule has 0 aromatic rings. The zero-order chi connectivity index (χ0) is 12.2. The molecule has 1 heterocycles. The fourth-order valence-electron chi connectivity index (χ4n) is 1.69. The summed E-state index contributed by atoms with van der Waals surface area (Å²) in [5, 5.41) is 2.87. The lowest BCUT2D eigenvalue weighted by molar-refractivity contribution is -0.125. The number of hydrogen-bond donors (Lipinski definition) is 2. The maximum Gasteiger partial charge on any atom is 0.237 e. The first kappa shape index (κ1) is 13.5. The second kappa shape index (κ2) is 5.64. The highest BCUT2D eigenvalue weighted by Gasteiger charge is 2.27. The first-order valence-electron chi connectivity index (χ1n) is 6.06. The van der Waals surface area contributed by atoms with Crippen LogP contribution in [0.4, 0.5) is 0 Å². The standard InChI is InChI=1S/C12H24N2O2/c1-12(2,3)10(13)11(15)14-8-9-6-4-5-7-16-9/h9-10H,4-8,13H2,1-3H3,(H,14,15). The molecule has 2 unspecified atom stereocenters. The second-order valence-electron chi connectivity index (χ2n) is 5.58. The number of nitrogens with one attached hydrogen (secondary N) is 1. The fraction of sp³-hybridized carbons (Fsp3) is 0.917. The number of rotatable bonds is 3. The average molecular weight is 228 g/mol. The van der Waals surface area contributed by atoms with Crippen molar-refractivity contribution in [2.45, 2.75) is 52.2 Å². The van der Waals surface area contributed by atoms with Crippen LogP contribution in [0.1, 0.15) is 40.0 Å². The maximum atomic E-state index is 11.7. The topological polar surface area (TPSA) is 64.4 Å². The summed E-state index contributed by atoms with van der Waals surface area (Å²) in [4.78, 5) is 11.7. The number of amides is 1. The molecule has 3 N–H and O–H groups in total. The van der Waals surface area contributed by atoms with Gasteiger partial charge in [-0.3, -0.25) is 4.79 Å².